The first-order valence-corrected chi connectivity index (χ1v) is 11.1. The minimum absolute atomic E-state index is 0.0308. The molecule has 0 radical (unpaired) electrons. The summed E-state index contributed by atoms with van der Waals surface area (Å²) in [6.45, 7) is 7.11. The minimum atomic E-state index is -0.415. The summed E-state index contributed by atoms with van der Waals surface area (Å²) >= 11 is 0. The van der Waals surface area contributed by atoms with Crippen molar-refractivity contribution in [1.82, 2.24) is 14.8 Å². The molecule has 2 aromatic rings. The fourth-order valence-corrected chi connectivity index (χ4v) is 5.41. The van der Waals surface area contributed by atoms with E-state index in [-0.39, 0.29) is 42.1 Å². The number of nitrogens with one attached hydrogen (secondary N) is 1. The largest absolute Gasteiger partial charge is 0.396 e. The molecular weight excluding hydrogens is 390 g/mol. The van der Waals surface area contributed by atoms with Gasteiger partial charge in [-0.05, 0) is 38.1 Å². The number of aromatic nitrogens is 1. The summed E-state index contributed by atoms with van der Waals surface area (Å²) < 4.78 is 1.81. The topological polar surface area (TPSA) is 74.6 Å². The fourth-order valence-electron chi connectivity index (χ4n) is 5.41. The van der Waals surface area contributed by atoms with Crippen molar-refractivity contribution in [3.05, 3.63) is 75.7 Å². The van der Waals surface area contributed by atoms with Gasteiger partial charge in [0.25, 0.3) is 5.56 Å². The predicted molar refractivity (Wildman–Crippen MR) is 121 cm³/mol. The molecule has 0 saturated carbocycles. The summed E-state index contributed by atoms with van der Waals surface area (Å²) in [5, 5.41) is 13.4. The number of benzene rings is 1. The van der Waals surface area contributed by atoms with Crippen LogP contribution >= 0.6 is 0 Å². The number of amides is 1. The number of hydrogen-bond donors (Lipinski definition) is 2. The van der Waals surface area contributed by atoms with E-state index < -0.39 is 5.92 Å². The van der Waals surface area contributed by atoms with E-state index in [1.165, 1.54) is 0 Å². The quantitative estimate of drug-likeness (QED) is 0.752. The highest BCUT2D eigenvalue weighted by molar-refractivity contribution is 5.81. The molecule has 164 valence electrons. The maximum absolute atomic E-state index is 13.5. The van der Waals surface area contributed by atoms with Crippen LogP contribution in [-0.4, -0.2) is 39.7 Å². The summed E-state index contributed by atoms with van der Waals surface area (Å²) in [5.74, 6) is -0.709. The van der Waals surface area contributed by atoms with Gasteiger partial charge < -0.3 is 15.0 Å². The van der Waals surface area contributed by atoms with E-state index in [9.17, 15) is 14.7 Å². The monoisotopic (exact) mass is 421 g/mol. The van der Waals surface area contributed by atoms with Crippen molar-refractivity contribution in [3.63, 3.8) is 0 Å². The van der Waals surface area contributed by atoms with Crippen molar-refractivity contribution in [1.29, 1.82) is 0 Å². The van der Waals surface area contributed by atoms with Crippen molar-refractivity contribution in [2.24, 2.45) is 11.8 Å². The molecule has 4 rings (SSSR count). The normalized spacial score (nSPS) is 26.1. The molecule has 2 aliphatic heterocycles. The van der Waals surface area contributed by atoms with E-state index in [0.717, 1.165) is 17.8 Å². The van der Waals surface area contributed by atoms with Gasteiger partial charge in [0, 0.05) is 36.4 Å². The summed E-state index contributed by atoms with van der Waals surface area (Å²) in [6.07, 6.45) is 3.68. The number of aliphatic hydroxyl groups is 1. The molecule has 1 fully saturated rings. The Morgan fingerprint density at radius 3 is 2.65 bits per heavy atom. The standard InChI is InChI=1S/C25H31N3O3/c1-4-9-18-12-13-20-23-22(24(30)26-16(3)17-10-7-6-8-11-17)19(15-29)21(27(23)5-2)14-28(20)25(18)31/h4,6-13,16,19,21-23,29H,5,14-15H2,1-3H3,(H,26,30)/b9-4-/t16-,19-,21-,22+,23+/m0/s1. The third kappa shape index (κ3) is 3.64. The number of nitrogens with zero attached hydrogens (tertiary/aromatic N) is 2. The smallest absolute Gasteiger partial charge is 0.258 e. The summed E-state index contributed by atoms with van der Waals surface area (Å²) in [4.78, 5) is 28.9. The Hall–Kier alpha value is -2.70. The van der Waals surface area contributed by atoms with Gasteiger partial charge in [-0.3, -0.25) is 14.5 Å². The van der Waals surface area contributed by atoms with E-state index in [0.29, 0.717) is 12.1 Å². The van der Waals surface area contributed by atoms with Crippen LogP contribution in [0.2, 0.25) is 0 Å². The Kier molecular flexibility index (Phi) is 6.12. The number of aliphatic hydroxyl groups excluding tert-OH is 1. The number of fused-ring (bicyclic) bond motifs is 4. The van der Waals surface area contributed by atoms with Crippen LogP contribution in [0, 0.1) is 11.8 Å². The molecule has 0 aliphatic carbocycles. The summed E-state index contributed by atoms with van der Waals surface area (Å²) in [7, 11) is 0. The van der Waals surface area contributed by atoms with E-state index in [4.69, 9.17) is 0 Å². The molecule has 3 heterocycles. The van der Waals surface area contributed by atoms with Crippen LogP contribution in [0.3, 0.4) is 0 Å². The number of pyridine rings is 1. The van der Waals surface area contributed by atoms with Crippen LogP contribution in [0.1, 0.15) is 49.7 Å². The van der Waals surface area contributed by atoms with E-state index in [1.54, 1.807) is 0 Å². The molecule has 2 N–H and O–H groups in total. The van der Waals surface area contributed by atoms with Gasteiger partial charge in [-0.2, -0.15) is 0 Å². The van der Waals surface area contributed by atoms with Crippen LogP contribution in [0.25, 0.3) is 6.08 Å². The molecule has 1 saturated heterocycles. The number of hydrogen-bond acceptors (Lipinski definition) is 4. The molecule has 2 bridgehead atoms. The second-order valence-corrected chi connectivity index (χ2v) is 8.49. The highest BCUT2D eigenvalue weighted by atomic mass is 16.3. The van der Waals surface area contributed by atoms with Crippen LogP contribution < -0.4 is 10.9 Å². The van der Waals surface area contributed by atoms with Crippen molar-refractivity contribution in [2.75, 3.05) is 13.2 Å². The molecule has 1 aromatic carbocycles. The Labute approximate surface area is 183 Å². The molecule has 6 heteroatoms. The third-order valence-electron chi connectivity index (χ3n) is 6.87. The highest BCUT2D eigenvalue weighted by Crippen LogP contribution is 2.48. The zero-order chi connectivity index (χ0) is 22.1. The van der Waals surface area contributed by atoms with Crippen LogP contribution in [-0.2, 0) is 11.3 Å². The average Bonchev–Trinajstić information content (AvgIpc) is 3.02. The number of allylic oxidation sites excluding steroid dienone is 1. The first-order valence-electron chi connectivity index (χ1n) is 11.1. The van der Waals surface area contributed by atoms with Gasteiger partial charge in [0.05, 0.1) is 18.0 Å². The second-order valence-electron chi connectivity index (χ2n) is 8.49. The van der Waals surface area contributed by atoms with Gasteiger partial charge in [-0.1, -0.05) is 49.4 Å². The Morgan fingerprint density at radius 1 is 1.26 bits per heavy atom. The fraction of sp³-hybridized carbons (Fsp3) is 0.440. The number of rotatable bonds is 6. The van der Waals surface area contributed by atoms with Crippen molar-refractivity contribution in [2.45, 2.75) is 45.4 Å². The van der Waals surface area contributed by atoms with Crippen LogP contribution in [0.5, 0.6) is 0 Å². The van der Waals surface area contributed by atoms with E-state index >= 15 is 0 Å². The molecule has 31 heavy (non-hydrogen) atoms. The lowest BCUT2D eigenvalue weighted by Crippen LogP contribution is -2.46. The number of carbonyl (C=O) groups is 1. The molecule has 0 spiro atoms. The van der Waals surface area contributed by atoms with Gasteiger partial charge in [-0.25, -0.2) is 0 Å². The Balaban J connectivity index is 1.72. The molecule has 6 nitrogen and oxygen atoms in total. The Morgan fingerprint density at radius 2 is 2.00 bits per heavy atom. The lowest BCUT2D eigenvalue weighted by Gasteiger charge is -2.37. The van der Waals surface area contributed by atoms with Crippen LogP contribution in [0.4, 0.5) is 0 Å². The lowest BCUT2D eigenvalue weighted by molar-refractivity contribution is -0.128. The SMILES string of the molecule is C/C=C\c1ccc2n(c1=O)C[C@H]1[C@H](CO)[C@@H](C(=O)N[C@@H](C)c3ccccc3)[C@@H]2N1CC. The van der Waals surface area contributed by atoms with Crippen molar-refractivity contribution < 1.29 is 9.90 Å². The van der Waals surface area contributed by atoms with Crippen LogP contribution in [0.15, 0.2) is 53.3 Å². The minimum Gasteiger partial charge on any atom is -0.396 e. The van der Waals surface area contributed by atoms with E-state index in [1.807, 2.05) is 73.0 Å². The van der Waals surface area contributed by atoms with Crippen molar-refractivity contribution in [3.8, 4) is 0 Å². The first-order chi connectivity index (χ1) is 15.0. The maximum atomic E-state index is 13.5. The summed E-state index contributed by atoms with van der Waals surface area (Å²) in [6, 6.07) is 13.3. The number of likely N-dealkylation sites (N-methyl/N-ethyl adjacent to an activating group) is 1. The summed E-state index contributed by atoms with van der Waals surface area (Å²) in [5.41, 5.74) is 2.52. The molecule has 2 aliphatic rings. The third-order valence-corrected chi connectivity index (χ3v) is 6.87. The molecular formula is C25H31N3O3. The lowest BCUT2D eigenvalue weighted by atomic mass is 9.86. The van der Waals surface area contributed by atoms with Gasteiger partial charge in [-0.15, -0.1) is 0 Å². The average molecular weight is 422 g/mol. The number of carbonyl (C=O) groups excluding carboxylic acids is 1. The zero-order valence-corrected chi connectivity index (χ0v) is 18.4. The predicted octanol–water partition coefficient (Wildman–Crippen LogP) is 2.74. The molecule has 1 aromatic heterocycles. The Bertz CT molecular complexity index is 1030. The van der Waals surface area contributed by atoms with Crippen molar-refractivity contribution >= 4 is 12.0 Å². The van der Waals surface area contributed by atoms with E-state index in [2.05, 4.69) is 17.1 Å². The molecule has 0 unspecified atom stereocenters. The maximum Gasteiger partial charge on any atom is 0.258 e. The first kappa shape index (κ1) is 21.5. The van der Waals surface area contributed by atoms with Gasteiger partial charge >= 0.3 is 0 Å². The van der Waals surface area contributed by atoms with Gasteiger partial charge in [0.1, 0.15) is 0 Å². The molecule has 5 atom stereocenters. The highest BCUT2D eigenvalue weighted by Gasteiger charge is 2.55. The zero-order valence-electron chi connectivity index (χ0n) is 18.4. The van der Waals surface area contributed by atoms with Gasteiger partial charge in [0.15, 0.2) is 0 Å². The van der Waals surface area contributed by atoms with Gasteiger partial charge in [0.2, 0.25) is 5.91 Å². The molecule has 1 amide bonds. The second kappa shape index (κ2) is 8.81.